The van der Waals surface area contributed by atoms with Gasteiger partial charge in [-0.2, -0.15) is 0 Å². The number of nitrogens with zero attached hydrogens (tertiary/aromatic N) is 1. The van der Waals surface area contributed by atoms with E-state index < -0.39 is 15.3 Å². The zero-order valence-electron chi connectivity index (χ0n) is 25.6. The van der Waals surface area contributed by atoms with Crippen LogP contribution in [-0.2, 0) is 15.3 Å². The van der Waals surface area contributed by atoms with Crippen LogP contribution in [0.5, 0.6) is 0 Å². The first-order valence-corrected chi connectivity index (χ1v) is 17.5. The zero-order valence-corrected chi connectivity index (χ0v) is 26.4. The third kappa shape index (κ3) is 3.29. The molecule has 4 heteroatoms. The molecular formula is C44H25NO2S. The van der Waals surface area contributed by atoms with E-state index in [0.29, 0.717) is 15.5 Å². The van der Waals surface area contributed by atoms with E-state index in [0.717, 1.165) is 77.9 Å². The summed E-state index contributed by atoms with van der Waals surface area (Å²) in [6, 6.07) is 51.5. The maximum Gasteiger partial charge on any atom is 0.208 e. The van der Waals surface area contributed by atoms with Gasteiger partial charge in [0.2, 0.25) is 9.84 Å². The number of hydrogen-bond donors (Lipinski definition) is 0. The monoisotopic (exact) mass is 631 g/mol. The molecule has 0 radical (unpaired) electrons. The van der Waals surface area contributed by atoms with Crippen LogP contribution in [0.1, 0.15) is 22.3 Å². The van der Waals surface area contributed by atoms with Gasteiger partial charge in [-0.1, -0.05) is 140 Å². The minimum Gasteiger partial charge on any atom is -0.238 e. The Morgan fingerprint density at radius 3 is 1.71 bits per heavy atom. The predicted octanol–water partition coefficient (Wildman–Crippen LogP) is 10.7. The van der Waals surface area contributed by atoms with E-state index in [4.69, 9.17) is 6.57 Å². The first-order chi connectivity index (χ1) is 23.5. The Hall–Kier alpha value is -6.02. The second kappa shape index (κ2) is 9.51. The molecular weight excluding hydrogens is 607 g/mol. The number of hydrogen-bond acceptors (Lipinski definition) is 2. The van der Waals surface area contributed by atoms with Gasteiger partial charge < -0.3 is 0 Å². The van der Waals surface area contributed by atoms with Gasteiger partial charge in [-0.25, -0.2) is 13.3 Å². The fourth-order valence-corrected chi connectivity index (χ4v) is 10.5. The van der Waals surface area contributed by atoms with Gasteiger partial charge in [-0.3, -0.25) is 0 Å². The van der Waals surface area contributed by atoms with E-state index in [1.54, 1.807) is 12.1 Å². The Kier molecular flexibility index (Phi) is 5.38. The lowest BCUT2D eigenvalue weighted by atomic mass is 9.65. The molecule has 224 valence electrons. The molecule has 1 spiro atoms. The standard InChI is InChI=1S/C44H25NO2S/c1-45-29-21-18-27(19-22-29)28-20-23-33-31-11-3-2-10-30(31)32-12-4-7-15-37(32)44(40(33)26-28)38-16-8-5-14-36(38)42-39(44)25-24-35-34-13-6-9-17-41(34)48(46,47)43(35)42/h2-26H. The summed E-state index contributed by atoms with van der Waals surface area (Å²) in [7, 11) is -3.79. The average Bonchev–Trinajstić information content (AvgIpc) is 3.53. The molecule has 10 rings (SSSR count). The number of fused-ring (bicyclic) bond motifs is 16. The molecule has 0 bridgehead atoms. The third-order valence-electron chi connectivity index (χ3n) is 10.5. The molecule has 0 N–H and O–H groups in total. The van der Waals surface area contributed by atoms with Crippen LogP contribution < -0.4 is 0 Å². The van der Waals surface area contributed by atoms with Crippen LogP contribution in [0.4, 0.5) is 5.69 Å². The number of rotatable bonds is 1. The lowest BCUT2D eigenvalue weighted by Crippen LogP contribution is -2.29. The summed E-state index contributed by atoms with van der Waals surface area (Å²) < 4.78 is 29.0. The fourth-order valence-electron chi connectivity index (χ4n) is 8.58. The van der Waals surface area contributed by atoms with Crippen molar-refractivity contribution in [2.45, 2.75) is 15.2 Å². The van der Waals surface area contributed by atoms with E-state index in [2.05, 4.69) is 95.8 Å². The molecule has 0 amide bonds. The molecule has 0 saturated heterocycles. The quantitative estimate of drug-likeness (QED) is 0.169. The van der Waals surface area contributed by atoms with Crippen molar-refractivity contribution in [1.82, 2.24) is 0 Å². The van der Waals surface area contributed by atoms with Crippen LogP contribution in [-0.4, -0.2) is 8.42 Å². The summed E-state index contributed by atoms with van der Waals surface area (Å²) >= 11 is 0. The minimum absolute atomic E-state index is 0.367. The van der Waals surface area contributed by atoms with Crippen molar-refractivity contribution in [2.75, 3.05) is 0 Å². The highest BCUT2D eigenvalue weighted by molar-refractivity contribution is 7.92. The van der Waals surface area contributed by atoms with E-state index >= 15 is 0 Å². The van der Waals surface area contributed by atoms with E-state index in [1.807, 2.05) is 48.5 Å². The Morgan fingerprint density at radius 2 is 1.00 bits per heavy atom. The first-order valence-electron chi connectivity index (χ1n) is 16.0. The van der Waals surface area contributed by atoms with Crippen molar-refractivity contribution in [3.63, 3.8) is 0 Å². The van der Waals surface area contributed by atoms with Crippen LogP contribution in [0.15, 0.2) is 161 Å². The Labute approximate surface area is 279 Å². The molecule has 0 aromatic heterocycles. The summed E-state index contributed by atoms with van der Waals surface area (Å²) in [4.78, 5) is 4.37. The van der Waals surface area contributed by atoms with Crippen LogP contribution >= 0.6 is 0 Å². The van der Waals surface area contributed by atoms with E-state index in [1.165, 1.54) is 0 Å². The molecule has 3 aliphatic rings. The Morgan fingerprint density at radius 1 is 0.458 bits per heavy atom. The molecule has 1 unspecified atom stereocenters. The van der Waals surface area contributed by atoms with Gasteiger partial charge in [-0.15, -0.1) is 0 Å². The second-order valence-electron chi connectivity index (χ2n) is 12.7. The second-order valence-corrected chi connectivity index (χ2v) is 14.5. The largest absolute Gasteiger partial charge is 0.238 e. The van der Waals surface area contributed by atoms with Crippen molar-refractivity contribution in [3.8, 4) is 55.6 Å². The lowest BCUT2D eigenvalue weighted by molar-refractivity contribution is 0.599. The van der Waals surface area contributed by atoms with Gasteiger partial charge in [-0.05, 0) is 73.3 Å². The average molecular weight is 632 g/mol. The Balaban J connectivity index is 1.40. The molecule has 0 fully saturated rings. The molecule has 7 aromatic carbocycles. The van der Waals surface area contributed by atoms with Crippen LogP contribution in [0.3, 0.4) is 0 Å². The molecule has 1 heterocycles. The maximum absolute atomic E-state index is 14.5. The lowest BCUT2D eigenvalue weighted by Gasteiger charge is -2.35. The number of benzene rings is 7. The molecule has 1 aliphatic heterocycles. The fraction of sp³-hybridized carbons (Fsp3) is 0.0227. The van der Waals surface area contributed by atoms with Crippen molar-refractivity contribution < 1.29 is 8.42 Å². The molecule has 3 nitrogen and oxygen atoms in total. The predicted molar refractivity (Wildman–Crippen MR) is 191 cm³/mol. The smallest absolute Gasteiger partial charge is 0.208 e. The third-order valence-corrected chi connectivity index (χ3v) is 12.4. The summed E-state index contributed by atoms with van der Waals surface area (Å²) in [5.41, 5.74) is 13.9. The molecule has 7 aromatic rings. The number of sulfone groups is 1. The normalized spacial score (nSPS) is 16.7. The molecule has 2 aliphatic carbocycles. The molecule has 0 saturated carbocycles. The highest BCUT2D eigenvalue weighted by Crippen LogP contribution is 2.64. The highest BCUT2D eigenvalue weighted by Gasteiger charge is 2.52. The first kappa shape index (κ1) is 27.1. The van der Waals surface area contributed by atoms with Crippen molar-refractivity contribution in [2.24, 2.45) is 0 Å². The van der Waals surface area contributed by atoms with Gasteiger partial charge in [0, 0.05) is 16.7 Å². The summed E-state index contributed by atoms with van der Waals surface area (Å²) in [5, 5.41) is 0. The summed E-state index contributed by atoms with van der Waals surface area (Å²) in [6.07, 6.45) is 0. The van der Waals surface area contributed by atoms with Gasteiger partial charge in [0.25, 0.3) is 0 Å². The van der Waals surface area contributed by atoms with Crippen LogP contribution in [0, 0.1) is 6.57 Å². The van der Waals surface area contributed by atoms with E-state index in [9.17, 15) is 8.42 Å². The van der Waals surface area contributed by atoms with Gasteiger partial charge in [0.05, 0.1) is 21.8 Å². The van der Waals surface area contributed by atoms with Crippen molar-refractivity contribution in [1.29, 1.82) is 0 Å². The summed E-state index contributed by atoms with van der Waals surface area (Å²) in [5.74, 6) is 0. The zero-order chi connectivity index (χ0) is 32.2. The van der Waals surface area contributed by atoms with Crippen molar-refractivity contribution in [3.05, 3.63) is 185 Å². The van der Waals surface area contributed by atoms with Gasteiger partial charge in [0.15, 0.2) is 5.69 Å². The molecule has 48 heavy (non-hydrogen) atoms. The van der Waals surface area contributed by atoms with Crippen LogP contribution in [0.2, 0.25) is 0 Å². The van der Waals surface area contributed by atoms with E-state index in [-0.39, 0.29) is 0 Å². The SMILES string of the molecule is [C-]#[N+]c1ccc(-c2ccc3c(c2)C2(c4ccccc4-c4ccccc4-3)c3ccccc3-c3c2ccc2c3S(=O)(=O)c3ccccc3-2)cc1. The Bertz CT molecular complexity index is 2700. The topological polar surface area (TPSA) is 38.5 Å². The highest BCUT2D eigenvalue weighted by atomic mass is 32.2. The van der Waals surface area contributed by atoms with Gasteiger partial charge in [0.1, 0.15) is 0 Å². The molecule has 1 atom stereocenters. The van der Waals surface area contributed by atoms with Crippen LogP contribution in [0.25, 0.3) is 60.5 Å². The van der Waals surface area contributed by atoms with Crippen molar-refractivity contribution >= 4 is 15.5 Å². The van der Waals surface area contributed by atoms with Gasteiger partial charge >= 0.3 is 0 Å². The minimum atomic E-state index is -3.79. The summed E-state index contributed by atoms with van der Waals surface area (Å²) in [6.45, 7) is 7.46. The maximum atomic E-state index is 14.5.